The van der Waals surface area contributed by atoms with Crippen molar-refractivity contribution in [3.8, 4) is 0 Å². The first-order valence-corrected chi connectivity index (χ1v) is 8.43. The third-order valence-corrected chi connectivity index (χ3v) is 4.55. The fourth-order valence-corrected chi connectivity index (χ4v) is 3.18. The number of rotatable bonds is 5. The summed E-state index contributed by atoms with van der Waals surface area (Å²) >= 11 is 3.03. The zero-order chi connectivity index (χ0) is 15.9. The molecule has 23 heavy (non-hydrogen) atoms. The summed E-state index contributed by atoms with van der Waals surface area (Å²) in [5.74, 6) is -0.194. The average Bonchev–Trinajstić information content (AvgIpc) is 3.09. The van der Waals surface area contributed by atoms with Crippen LogP contribution in [0.15, 0.2) is 69.5 Å². The lowest BCUT2D eigenvalue weighted by atomic mass is 10.3. The van der Waals surface area contributed by atoms with Gasteiger partial charge in [-0.2, -0.15) is 0 Å². The van der Waals surface area contributed by atoms with Crippen LogP contribution in [-0.4, -0.2) is 21.1 Å². The summed E-state index contributed by atoms with van der Waals surface area (Å²) in [6.45, 7) is 0. The van der Waals surface area contributed by atoms with E-state index >= 15 is 0 Å². The van der Waals surface area contributed by atoms with Gasteiger partial charge in [-0.25, -0.2) is 0 Å². The maximum atomic E-state index is 11.9. The van der Waals surface area contributed by atoms with Gasteiger partial charge in [0.2, 0.25) is 5.91 Å². The van der Waals surface area contributed by atoms with Gasteiger partial charge in [0.05, 0.1) is 5.69 Å². The maximum Gasteiger partial charge on any atom is 0.248 e. The molecule has 3 aromatic rings. The minimum atomic E-state index is -0.194. The van der Waals surface area contributed by atoms with Crippen molar-refractivity contribution in [2.45, 2.75) is 9.24 Å². The number of nitrogens with one attached hydrogen (secondary N) is 1. The zero-order valence-electron chi connectivity index (χ0n) is 11.9. The normalized spacial score (nSPS) is 10.8. The van der Waals surface area contributed by atoms with Crippen LogP contribution in [0.25, 0.3) is 6.08 Å². The minimum absolute atomic E-state index is 0.194. The van der Waals surface area contributed by atoms with Crippen LogP contribution >= 0.6 is 23.1 Å². The monoisotopic (exact) mass is 340 g/mol. The highest BCUT2D eigenvalue weighted by Gasteiger charge is 2.02. The molecule has 0 atom stereocenters. The topological polar surface area (TPSA) is 67.8 Å². The van der Waals surface area contributed by atoms with E-state index in [0.29, 0.717) is 0 Å². The summed E-state index contributed by atoms with van der Waals surface area (Å²) in [6, 6.07) is 13.1. The molecule has 2 aromatic heterocycles. The van der Waals surface area contributed by atoms with E-state index in [2.05, 4.69) is 20.5 Å². The van der Waals surface area contributed by atoms with Gasteiger partial charge in [-0.05, 0) is 42.5 Å². The van der Waals surface area contributed by atoms with Crippen molar-refractivity contribution in [3.05, 3.63) is 65.9 Å². The van der Waals surface area contributed by atoms with E-state index in [4.69, 9.17) is 0 Å². The number of carbonyl (C=O) groups is 1. The van der Waals surface area contributed by atoms with Gasteiger partial charge in [-0.3, -0.25) is 9.78 Å². The summed E-state index contributed by atoms with van der Waals surface area (Å²) in [7, 11) is 0. The number of anilines is 1. The third-order valence-electron chi connectivity index (χ3n) is 2.76. The van der Waals surface area contributed by atoms with Crippen LogP contribution in [0, 0.1) is 0 Å². The molecule has 1 aromatic carbocycles. The van der Waals surface area contributed by atoms with E-state index in [-0.39, 0.29) is 5.91 Å². The van der Waals surface area contributed by atoms with Crippen LogP contribution in [-0.2, 0) is 4.79 Å². The van der Waals surface area contributed by atoms with Gasteiger partial charge in [0.15, 0.2) is 4.34 Å². The predicted molar refractivity (Wildman–Crippen MR) is 92.4 cm³/mol. The van der Waals surface area contributed by atoms with Gasteiger partial charge in [-0.1, -0.05) is 29.2 Å². The molecule has 0 aliphatic heterocycles. The average molecular weight is 340 g/mol. The van der Waals surface area contributed by atoms with Crippen molar-refractivity contribution in [1.29, 1.82) is 0 Å². The Morgan fingerprint density at radius 1 is 1.17 bits per heavy atom. The molecule has 2 heterocycles. The molecule has 7 heteroatoms. The van der Waals surface area contributed by atoms with Gasteiger partial charge >= 0.3 is 0 Å². The highest BCUT2D eigenvalue weighted by atomic mass is 32.2. The molecule has 1 amide bonds. The van der Waals surface area contributed by atoms with E-state index in [1.165, 1.54) is 29.2 Å². The largest absolute Gasteiger partial charge is 0.323 e. The molecule has 0 saturated heterocycles. The maximum absolute atomic E-state index is 11.9. The van der Waals surface area contributed by atoms with Crippen LogP contribution in [0.2, 0.25) is 0 Å². The predicted octanol–water partition coefficient (Wildman–Crippen LogP) is 3.74. The molecule has 0 aliphatic rings. The van der Waals surface area contributed by atoms with Crippen LogP contribution in [0.3, 0.4) is 0 Å². The number of amides is 1. The molecule has 3 rings (SSSR count). The summed E-state index contributed by atoms with van der Waals surface area (Å²) in [4.78, 5) is 17.0. The molecular weight excluding hydrogens is 328 g/mol. The Morgan fingerprint density at radius 3 is 2.74 bits per heavy atom. The second-order valence-electron chi connectivity index (χ2n) is 4.41. The standard InChI is InChI=1S/C16H12N4OS2/c21-15(9-6-12-3-1-2-10-17-12)19-13-4-7-14(8-5-13)23-16-20-18-11-22-16/h1-11H,(H,19,21)/b9-6+. The highest BCUT2D eigenvalue weighted by molar-refractivity contribution is 8.01. The lowest BCUT2D eigenvalue weighted by Gasteiger charge is -2.03. The minimum Gasteiger partial charge on any atom is -0.323 e. The molecular formula is C16H12N4OS2. The third kappa shape index (κ3) is 4.73. The van der Waals surface area contributed by atoms with Gasteiger partial charge in [-0.15, -0.1) is 10.2 Å². The summed E-state index contributed by atoms with van der Waals surface area (Å²) in [6.07, 6.45) is 4.83. The van der Waals surface area contributed by atoms with Crippen molar-refractivity contribution < 1.29 is 4.79 Å². The Bertz CT molecular complexity index is 787. The van der Waals surface area contributed by atoms with E-state index in [1.807, 2.05) is 42.5 Å². The van der Waals surface area contributed by atoms with E-state index < -0.39 is 0 Å². The SMILES string of the molecule is O=C(/C=C/c1ccccn1)Nc1ccc(Sc2nncs2)cc1. The first-order valence-electron chi connectivity index (χ1n) is 6.74. The quantitative estimate of drug-likeness (QED) is 0.717. The molecule has 5 nitrogen and oxygen atoms in total. The molecule has 0 unspecified atom stereocenters. The number of aromatic nitrogens is 3. The highest BCUT2D eigenvalue weighted by Crippen LogP contribution is 2.29. The molecule has 0 aliphatic carbocycles. The fourth-order valence-electron chi connectivity index (χ4n) is 1.73. The molecule has 1 N–H and O–H groups in total. The number of hydrogen-bond acceptors (Lipinski definition) is 6. The Morgan fingerprint density at radius 2 is 2.04 bits per heavy atom. The molecule has 0 spiro atoms. The molecule has 0 radical (unpaired) electrons. The molecule has 0 bridgehead atoms. The van der Waals surface area contributed by atoms with Crippen molar-refractivity contribution >= 4 is 40.8 Å². The van der Waals surface area contributed by atoms with E-state index in [9.17, 15) is 4.79 Å². The van der Waals surface area contributed by atoms with Gasteiger partial charge in [0, 0.05) is 22.9 Å². The molecule has 0 fully saturated rings. The molecule has 0 saturated carbocycles. The van der Waals surface area contributed by atoms with E-state index in [0.717, 1.165) is 20.6 Å². The lowest BCUT2D eigenvalue weighted by molar-refractivity contribution is -0.111. The van der Waals surface area contributed by atoms with Crippen LogP contribution < -0.4 is 5.32 Å². The van der Waals surface area contributed by atoms with Gasteiger partial charge < -0.3 is 5.32 Å². The number of carbonyl (C=O) groups excluding carboxylic acids is 1. The van der Waals surface area contributed by atoms with Gasteiger partial charge in [0.25, 0.3) is 0 Å². The Labute approximate surface area is 141 Å². The first-order chi connectivity index (χ1) is 11.3. The van der Waals surface area contributed by atoms with Crippen molar-refractivity contribution in [3.63, 3.8) is 0 Å². The van der Waals surface area contributed by atoms with Crippen molar-refractivity contribution in [2.75, 3.05) is 5.32 Å². The fraction of sp³-hybridized carbons (Fsp3) is 0. The van der Waals surface area contributed by atoms with Crippen LogP contribution in [0.1, 0.15) is 5.69 Å². The number of benzene rings is 1. The Hall–Kier alpha value is -2.51. The Balaban J connectivity index is 1.57. The summed E-state index contributed by atoms with van der Waals surface area (Å²) in [5, 5.41) is 10.6. The van der Waals surface area contributed by atoms with Crippen LogP contribution in [0.5, 0.6) is 0 Å². The number of nitrogens with zero attached hydrogens (tertiary/aromatic N) is 3. The van der Waals surface area contributed by atoms with Crippen molar-refractivity contribution in [1.82, 2.24) is 15.2 Å². The summed E-state index contributed by atoms with van der Waals surface area (Å²) in [5.41, 5.74) is 3.18. The smallest absolute Gasteiger partial charge is 0.248 e. The number of hydrogen-bond donors (Lipinski definition) is 1. The lowest BCUT2D eigenvalue weighted by Crippen LogP contribution is -2.07. The zero-order valence-corrected chi connectivity index (χ0v) is 13.6. The van der Waals surface area contributed by atoms with E-state index in [1.54, 1.807) is 17.8 Å². The summed E-state index contributed by atoms with van der Waals surface area (Å²) < 4.78 is 0.889. The Kier molecular flexibility index (Phi) is 5.13. The first kappa shape index (κ1) is 15.4. The molecule has 114 valence electrons. The van der Waals surface area contributed by atoms with Crippen molar-refractivity contribution in [2.24, 2.45) is 0 Å². The van der Waals surface area contributed by atoms with Gasteiger partial charge in [0.1, 0.15) is 5.51 Å². The second kappa shape index (κ2) is 7.66. The van der Waals surface area contributed by atoms with Crippen LogP contribution in [0.4, 0.5) is 5.69 Å². The second-order valence-corrected chi connectivity index (χ2v) is 6.56. The number of pyridine rings is 1.